The molecule has 5 heterocycles. The van der Waals surface area contributed by atoms with Gasteiger partial charge in [-0.2, -0.15) is 18.2 Å². The quantitative estimate of drug-likeness (QED) is 0.178. The molecule has 3 amide bonds. The van der Waals surface area contributed by atoms with E-state index in [1.54, 1.807) is 30.5 Å². The number of carbonyl (C=O) groups excluding carboxylic acids is 2. The first-order chi connectivity index (χ1) is 27.7. The molecule has 3 saturated heterocycles. The lowest BCUT2D eigenvalue weighted by molar-refractivity contribution is -0.137. The van der Waals surface area contributed by atoms with Crippen LogP contribution in [0, 0.1) is 0 Å². The third-order valence-electron chi connectivity index (χ3n) is 10.8. The van der Waals surface area contributed by atoms with E-state index in [2.05, 4.69) is 45.6 Å². The molecule has 19 heteroatoms. The number of anilines is 6. The molecule has 58 heavy (non-hydrogen) atoms. The molecule has 0 unspecified atom stereocenters. The van der Waals surface area contributed by atoms with Crippen molar-refractivity contribution in [2.24, 2.45) is 0 Å². The summed E-state index contributed by atoms with van der Waals surface area (Å²) in [5.41, 5.74) is 3.22. The summed E-state index contributed by atoms with van der Waals surface area (Å²) in [6, 6.07) is 18.1. The first-order valence-electron chi connectivity index (χ1n) is 19.1. The minimum atomic E-state index is -4.70. The van der Waals surface area contributed by atoms with Crippen LogP contribution in [0.25, 0.3) is 0 Å². The Hall–Kier alpha value is -5.53. The number of nitrogens with one attached hydrogen (secondary N) is 3. The fourth-order valence-electron chi connectivity index (χ4n) is 7.39. The van der Waals surface area contributed by atoms with Gasteiger partial charge in [0.15, 0.2) is 0 Å². The maximum Gasteiger partial charge on any atom is 0.421 e. The van der Waals surface area contributed by atoms with Gasteiger partial charge in [0.25, 0.3) is 0 Å². The maximum absolute atomic E-state index is 13.9. The third-order valence-corrected chi connectivity index (χ3v) is 12.0. The van der Waals surface area contributed by atoms with Crippen molar-refractivity contribution in [3.05, 3.63) is 89.9 Å². The number of benzene rings is 2. The zero-order valence-electron chi connectivity index (χ0n) is 32.2. The van der Waals surface area contributed by atoms with E-state index in [9.17, 15) is 31.2 Å². The van der Waals surface area contributed by atoms with E-state index in [4.69, 9.17) is 0 Å². The average molecular weight is 822 g/mol. The Balaban J connectivity index is 0.882. The van der Waals surface area contributed by atoms with Crippen LogP contribution in [-0.2, 0) is 34.1 Å². The van der Waals surface area contributed by atoms with Gasteiger partial charge in [-0.1, -0.05) is 12.1 Å². The summed E-state index contributed by atoms with van der Waals surface area (Å²) < 4.78 is 66.7. The highest BCUT2D eigenvalue weighted by atomic mass is 32.2. The molecule has 308 valence electrons. The number of amides is 3. The molecule has 3 aliphatic rings. The minimum Gasteiger partial charge on any atom is -0.371 e. The van der Waals surface area contributed by atoms with E-state index in [1.165, 1.54) is 11.9 Å². The van der Waals surface area contributed by atoms with Gasteiger partial charge < -0.3 is 15.5 Å². The number of piperazine rings is 1. The predicted octanol–water partition coefficient (Wildman–Crippen LogP) is 4.87. The molecule has 3 fully saturated rings. The number of pyridine rings is 1. The van der Waals surface area contributed by atoms with Crippen molar-refractivity contribution in [3.8, 4) is 0 Å². The number of imide groups is 1. The number of rotatable bonds is 12. The smallest absolute Gasteiger partial charge is 0.371 e. The molecule has 0 aliphatic carbocycles. The number of hydrogen-bond acceptors (Lipinski definition) is 12. The average Bonchev–Trinajstić information content (AvgIpc) is 3.20. The van der Waals surface area contributed by atoms with E-state index < -0.39 is 33.6 Å². The van der Waals surface area contributed by atoms with Gasteiger partial charge in [0.2, 0.25) is 21.9 Å². The first-order valence-corrected chi connectivity index (χ1v) is 20.9. The molecule has 4 aromatic rings. The lowest BCUT2D eigenvalue weighted by Gasteiger charge is -2.43. The van der Waals surface area contributed by atoms with E-state index in [1.807, 2.05) is 36.4 Å². The number of carbonyl (C=O) groups is 2. The van der Waals surface area contributed by atoms with Gasteiger partial charge in [0.05, 0.1) is 29.5 Å². The van der Waals surface area contributed by atoms with Gasteiger partial charge >= 0.3 is 12.2 Å². The Bertz CT molecular complexity index is 2200. The predicted molar refractivity (Wildman–Crippen MR) is 216 cm³/mol. The second-order valence-electron chi connectivity index (χ2n) is 14.7. The molecule has 0 bridgehead atoms. The topological polar surface area (TPSA) is 159 Å². The Morgan fingerprint density at radius 1 is 0.897 bits per heavy atom. The van der Waals surface area contributed by atoms with Crippen LogP contribution in [-0.4, -0.2) is 110 Å². The maximum atomic E-state index is 13.9. The largest absolute Gasteiger partial charge is 0.421 e. The molecule has 0 saturated carbocycles. The first kappa shape index (κ1) is 40.7. The van der Waals surface area contributed by atoms with Crippen LogP contribution < -0.4 is 30.1 Å². The van der Waals surface area contributed by atoms with Crippen molar-refractivity contribution in [2.75, 3.05) is 83.9 Å². The van der Waals surface area contributed by atoms with Gasteiger partial charge in [0, 0.05) is 96.0 Å². The number of sulfonamides is 1. The highest BCUT2D eigenvalue weighted by molar-refractivity contribution is 7.92. The fraction of sp³-hybridized carbons (Fsp3) is 0.410. The van der Waals surface area contributed by atoms with Crippen LogP contribution in [0.5, 0.6) is 0 Å². The van der Waals surface area contributed by atoms with E-state index in [0.717, 1.165) is 86.8 Å². The van der Waals surface area contributed by atoms with Crippen molar-refractivity contribution in [1.29, 1.82) is 0 Å². The summed E-state index contributed by atoms with van der Waals surface area (Å²) >= 11 is 0. The minimum absolute atomic E-state index is 0.00753. The Morgan fingerprint density at radius 2 is 1.62 bits per heavy atom. The lowest BCUT2D eigenvalue weighted by atomic mass is 10.0. The highest BCUT2D eigenvalue weighted by Crippen LogP contribution is 2.35. The Kier molecular flexibility index (Phi) is 12.0. The monoisotopic (exact) mass is 821 g/mol. The van der Waals surface area contributed by atoms with Gasteiger partial charge in [-0.3, -0.25) is 34.1 Å². The summed E-state index contributed by atoms with van der Waals surface area (Å²) in [5, 5.41) is 8.11. The van der Waals surface area contributed by atoms with Crippen LogP contribution in [0.3, 0.4) is 0 Å². The van der Waals surface area contributed by atoms with E-state index >= 15 is 0 Å². The second-order valence-corrected chi connectivity index (χ2v) is 16.7. The summed E-state index contributed by atoms with van der Waals surface area (Å²) in [5.74, 6) is -0.672. The summed E-state index contributed by atoms with van der Waals surface area (Å²) in [4.78, 5) is 45.1. The summed E-state index contributed by atoms with van der Waals surface area (Å²) in [6.45, 7) is 6.68. The van der Waals surface area contributed by atoms with Gasteiger partial charge in [0.1, 0.15) is 11.4 Å². The molecule has 0 radical (unpaired) electrons. The molecular weight excluding hydrogens is 776 g/mol. The van der Waals surface area contributed by atoms with Gasteiger partial charge in [-0.25, -0.2) is 18.2 Å². The van der Waals surface area contributed by atoms with Crippen LogP contribution in [0.15, 0.2) is 73.1 Å². The molecular formula is C39H46F3N11O4S. The number of aromatic nitrogens is 3. The second kappa shape index (κ2) is 17.1. The third kappa shape index (κ3) is 9.94. The number of alkyl halides is 3. The molecule has 0 spiro atoms. The van der Waals surface area contributed by atoms with Crippen LogP contribution in [0.1, 0.15) is 36.1 Å². The zero-order chi connectivity index (χ0) is 41.0. The van der Waals surface area contributed by atoms with Crippen LogP contribution in [0.4, 0.5) is 52.5 Å². The zero-order valence-corrected chi connectivity index (χ0v) is 33.1. The fourth-order valence-corrected chi connectivity index (χ4v) is 7.89. The van der Waals surface area contributed by atoms with Crippen LogP contribution in [0.2, 0.25) is 0 Å². The molecule has 3 aliphatic heterocycles. The van der Waals surface area contributed by atoms with Crippen molar-refractivity contribution in [2.45, 2.75) is 44.6 Å². The molecule has 2 aromatic carbocycles. The van der Waals surface area contributed by atoms with Crippen molar-refractivity contribution >= 4 is 56.5 Å². The highest BCUT2D eigenvalue weighted by Gasteiger charge is 2.35. The number of hydrogen-bond donors (Lipinski definition) is 3. The lowest BCUT2D eigenvalue weighted by Crippen LogP contribution is -2.53. The number of nitrogens with zero attached hydrogens (tertiary/aromatic N) is 8. The Labute approximate surface area is 335 Å². The Morgan fingerprint density at radius 3 is 2.28 bits per heavy atom. The standard InChI is InChI=1S/C39H46F3N11O4S/c1-49(58(2,56)57)32-5-3-4-27(22-32)23-44-36-34(39(40,41)42)25-45-37(48-36)46-28-6-9-30(10-7-28)51-15-12-31(13-16-51)52-20-18-50(19-21-52)26-29-8-11-33(24-43-29)53-17-14-35(54)47-38(53)55/h3-11,22,24-25,31H,12-21,23,26H2,1-2H3,(H,47,54,55)(H2,44,45,46,48). The number of urea groups is 1. The van der Waals surface area contributed by atoms with Crippen molar-refractivity contribution in [3.63, 3.8) is 0 Å². The summed E-state index contributed by atoms with van der Waals surface area (Å²) in [7, 11) is -2.11. The SMILES string of the molecule is CN(c1cccc(CNc2nc(Nc3ccc(N4CCC(N5CCN(Cc6ccc(N7CCC(=O)NC7=O)cn6)CC5)CC4)cc3)ncc2C(F)(F)F)c1)S(C)(=O)=O. The molecule has 2 aromatic heterocycles. The van der Waals surface area contributed by atoms with E-state index in [-0.39, 0.29) is 24.8 Å². The van der Waals surface area contributed by atoms with Gasteiger partial charge in [-0.15, -0.1) is 0 Å². The number of piperidine rings is 1. The number of halogens is 3. The molecule has 7 rings (SSSR count). The molecule has 3 N–H and O–H groups in total. The van der Waals surface area contributed by atoms with Crippen molar-refractivity contribution in [1.82, 2.24) is 30.1 Å². The van der Waals surface area contributed by atoms with Crippen molar-refractivity contribution < 1.29 is 31.2 Å². The van der Waals surface area contributed by atoms with E-state index in [0.29, 0.717) is 35.2 Å². The van der Waals surface area contributed by atoms with Gasteiger partial charge in [-0.05, 0) is 66.9 Å². The molecule has 0 atom stereocenters. The summed E-state index contributed by atoms with van der Waals surface area (Å²) in [6.07, 6.45) is 1.14. The normalized spacial score (nSPS) is 17.6. The molecule has 15 nitrogen and oxygen atoms in total. The van der Waals surface area contributed by atoms with Crippen LogP contribution >= 0.6 is 0 Å².